The van der Waals surface area contributed by atoms with Crippen LogP contribution in [-0.2, 0) is 6.42 Å². The summed E-state index contributed by atoms with van der Waals surface area (Å²) < 4.78 is 0. The van der Waals surface area contributed by atoms with Gasteiger partial charge in [-0.25, -0.2) is 0 Å². The van der Waals surface area contributed by atoms with Gasteiger partial charge in [0, 0.05) is 12.4 Å². The highest BCUT2D eigenvalue weighted by molar-refractivity contribution is 5.74. The minimum atomic E-state index is 0.169. The molecule has 0 amide bonds. The molecule has 0 aliphatic carbocycles. The summed E-state index contributed by atoms with van der Waals surface area (Å²) in [7, 11) is 1.99. The van der Waals surface area contributed by atoms with Gasteiger partial charge in [0.2, 0.25) is 0 Å². The van der Waals surface area contributed by atoms with Gasteiger partial charge in [-0.15, -0.1) is 0 Å². The van der Waals surface area contributed by atoms with Gasteiger partial charge in [0.25, 0.3) is 0 Å². The highest BCUT2D eigenvalue weighted by Crippen LogP contribution is 2.24. The van der Waals surface area contributed by atoms with E-state index in [4.69, 9.17) is 0 Å². The van der Waals surface area contributed by atoms with Gasteiger partial charge in [-0.2, -0.15) is 0 Å². The van der Waals surface area contributed by atoms with Crippen molar-refractivity contribution in [3.63, 3.8) is 0 Å². The second-order valence-electron chi connectivity index (χ2n) is 5.12. The molecule has 0 saturated carbocycles. The maximum atomic E-state index is 4.40. The summed E-state index contributed by atoms with van der Waals surface area (Å²) in [5.74, 6) is 0. The van der Waals surface area contributed by atoms with Crippen molar-refractivity contribution in [2.75, 3.05) is 7.05 Å². The summed E-state index contributed by atoms with van der Waals surface area (Å²) in [6.07, 6.45) is 4.51. The third-order valence-corrected chi connectivity index (χ3v) is 3.81. The number of rotatable bonds is 4. The van der Waals surface area contributed by atoms with Crippen molar-refractivity contribution in [2.45, 2.75) is 19.4 Å². The van der Waals surface area contributed by atoms with E-state index < -0.39 is 0 Å². The highest BCUT2D eigenvalue weighted by atomic mass is 14.9. The van der Waals surface area contributed by atoms with E-state index in [-0.39, 0.29) is 6.04 Å². The molecule has 0 saturated heterocycles. The van der Waals surface area contributed by atoms with Crippen LogP contribution in [0.15, 0.2) is 54.9 Å². The predicted molar refractivity (Wildman–Crippen MR) is 86.3 cm³/mol. The Morgan fingerprint density at radius 2 is 1.71 bits per heavy atom. The highest BCUT2D eigenvalue weighted by Gasteiger charge is 2.13. The monoisotopic (exact) mass is 277 g/mol. The summed E-state index contributed by atoms with van der Waals surface area (Å²) in [4.78, 5) is 8.72. The normalized spacial score (nSPS) is 12.5. The van der Waals surface area contributed by atoms with Crippen molar-refractivity contribution >= 4 is 11.0 Å². The Morgan fingerprint density at radius 3 is 2.48 bits per heavy atom. The van der Waals surface area contributed by atoms with Crippen molar-refractivity contribution in [3.8, 4) is 0 Å². The van der Waals surface area contributed by atoms with Crippen LogP contribution >= 0.6 is 0 Å². The molecule has 3 rings (SSSR count). The van der Waals surface area contributed by atoms with E-state index in [9.17, 15) is 0 Å². The van der Waals surface area contributed by atoms with Crippen LogP contribution in [0.4, 0.5) is 0 Å². The van der Waals surface area contributed by atoms with Crippen LogP contribution in [0.5, 0.6) is 0 Å². The smallest absolute Gasteiger partial charge is 0.0890 e. The number of aryl methyl sites for hydroxylation is 1. The molecule has 0 fully saturated rings. The number of nitrogens with one attached hydrogen (secondary N) is 1. The third kappa shape index (κ3) is 2.78. The SMILES string of the molecule is CCc1cccc(C(NC)c2ccc3nccnc3c2)c1. The lowest BCUT2D eigenvalue weighted by atomic mass is 9.96. The Balaban J connectivity index is 2.04. The maximum absolute atomic E-state index is 4.40. The fraction of sp³-hybridized carbons (Fsp3) is 0.222. The molecule has 21 heavy (non-hydrogen) atoms. The van der Waals surface area contributed by atoms with Gasteiger partial charge in [-0.05, 0) is 42.3 Å². The first-order valence-corrected chi connectivity index (χ1v) is 7.28. The molecular weight excluding hydrogens is 258 g/mol. The average molecular weight is 277 g/mol. The molecule has 1 aromatic heterocycles. The van der Waals surface area contributed by atoms with E-state index >= 15 is 0 Å². The van der Waals surface area contributed by atoms with E-state index in [1.54, 1.807) is 12.4 Å². The van der Waals surface area contributed by atoms with Crippen LogP contribution in [0.2, 0.25) is 0 Å². The predicted octanol–water partition coefficient (Wildman–Crippen LogP) is 3.50. The summed E-state index contributed by atoms with van der Waals surface area (Å²) >= 11 is 0. The number of hydrogen-bond donors (Lipinski definition) is 1. The third-order valence-electron chi connectivity index (χ3n) is 3.81. The van der Waals surface area contributed by atoms with Gasteiger partial charge in [-0.1, -0.05) is 37.3 Å². The quantitative estimate of drug-likeness (QED) is 0.793. The van der Waals surface area contributed by atoms with Gasteiger partial charge in [0.15, 0.2) is 0 Å². The first-order valence-electron chi connectivity index (χ1n) is 7.28. The first kappa shape index (κ1) is 13.7. The summed E-state index contributed by atoms with van der Waals surface area (Å²) in [5.41, 5.74) is 5.70. The van der Waals surface area contributed by atoms with Gasteiger partial charge in [0.05, 0.1) is 17.1 Å². The molecule has 1 atom stereocenters. The number of hydrogen-bond acceptors (Lipinski definition) is 3. The molecule has 0 bridgehead atoms. The Labute approximate surface area is 125 Å². The van der Waals surface area contributed by atoms with E-state index in [0.29, 0.717) is 0 Å². The van der Waals surface area contributed by atoms with E-state index in [1.165, 1.54) is 16.7 Å². The molecule has 0 aliphatic rings. The fourth-order valence-corrected chi connectivity index (χ4v) is 2.68. The zero-order valence-corrected chi connectivity index (χ0v) is 12.4. The van der Waals surface area contributed by atoms with E-state index in [2.05, 4.69) is 58.6 Å². The van der Waals surface area contributed by atoms with Gasteiger partial charge in [0.1, 0.15) is 0 Å². The second-order valence-corrected chi connectivity index (χ2v) is 5.12. The Morgan fingerprint density at radius 1 is 0.952 bits per heavy atom. The summed E-state index contributed by atoms with van der Waals surface area (Å²) in [6, 6.07) is 15.2. The van der Waals surface area contributed by atoms with E-state index in [0.717, 1.165) is 17.5 Å². The zero-order valence-electron chi connectivity index (χ0n) is 12.4. The number of aromatic nitrogens is 2. The average Bonchev–Trinajstić information content (AvgIpc) is 2.56. The second kappa shape index (κ2) is 6.02. The summed E-state index contributed by atoms with van der Waals surface area (Å²) in [6.45, 7) is 2.18. The fourth-order valence-electron chi connectivity index (χ4n) is 2.68. The largest absolute Gasteiger partial charge is 0.309 e. The lowest BCUT2D eigenvalue weighted by molar-refractivity contribution is 0.691. The topological polar surface area (TPSA) is 37.8 Å². The van der Waals surface area contributed by atoms with Crippen molar-refractivity contribution in [1.82, 2.24) is 15.3 Å². The lowest BCUT2D eigenvalue weighted by Crippen LogP contribution is -2.17. The maximum Gasteiger partial charge on any atom is 0.0890 e. The van der Waals surface area contributed by atoms with Crippen molar-refractivity contribution < 1.29 is 0 Å². The molecule has 2 aromatic carbocycles. The standard InChI is InChI=1S/C18H19N3/c1-3-13-5-4-6-14(11-13)18(19-2)15-7-8-16-17(12-15)21-10-9-20-16/h4-12,18-19H,3H2,1-2H3. The molecular formula is C18H19N3. The lowest BCUT2D eigenvalue weighted by Gasteiger charge is -2.18. The number of fused-ring (bicyclic) bond motifs is 1. The van der Waals surface area contributed by atoms with Crippen LogP contribution in [0.25, 0.3) is 11.0 Å². The molecule has 0 radical (unpaired) electrons. The van der Waals surface area contributed by atoms with Crippen molar-refractivity contribution in [1.29, 1.82) is 0 Å². The summed E-state index contributed by atoms with van der Waals surface area (Å²) in [5, 5.41) is 3.40. The Kier molecular flexibility index (Phi) is 3.93. The molecule has 1 heterocycles. The Hall–Kier alpha value is -2.26. The number of nitrogens with zero attached hydrogens (tertiary/aromatic N) is 2. The molecule has 3 heteroatoms. The van der Waals surface area contributed by atoms with Crippen LogP contribution in [0.3, 0.4) is 0 Å². The Bertz CT molecular complexity index is 752. The van der Waals surface area contributed by atoms with Crippen molar-refractivity contribution in [2.24, 2.45) is 0 Å². The van der Waals surface area contributed by atoms with Gasteiger partial charge in [-0.3, -0.25) is 9.97 Å². The molecule has 3 aromatic rings. The zero-order chi connectivity index (χ0) is 14.7. The van der Waals surface area contributed by atoms with Crippen molar-refractivity contribution in [3.05, 3.63) is 71.5 Å². The molecule has 3 nitrogen and oxygen atoms in total. The number of benzene rings is 2. The van der Waals surface area contributed by atoms with E-state index in [1.807, 2.05) is 13.1 Å². The molecule has 1 unspecified atom stereocenters. The molecule has 1 N–H and O–H groups in total. The molecule has 0 spiro atoms. The van der Waals surface area contributed by atoms with Crippen LogP contribution in [0.1, 0.15) is 29.7 Å². The molecule has 106 valence electrons. The first-order chi connectivity index (χ1) is 10.3. The minimum Gasteiger partial charge on any atom is -0.309 e. The van der Waals surface area contributed by atoms with Gasteiger partial charge < -0.3 is 5.32 Å². The van der Waals surface area contributed by atoms with Crippen LogP contribution < -0.4 is 5.32 Å². The van der Waals surface area contributed by atoms with Gasteiger partial charge >= 0.3 is 0 Å². The van der Waals surface area contributed by atoms with Crippen LogP contribution in [0, 0.1) is 0 Å². The minimum absolute atomic E-state index is 0.169. The molecule has 0 aliphatic heterocycles. The van der Waals surface area contributed by atoms with Crippen LogP contribution in [-0.4, -0.2) is 17.0 Å².